The Kier molecular flexibility index (Phi) is 5.63. The van der Waals surface area contributed by atoms with Gasteiger partial charge in [-0.3, -0.25) is 4.57 Å². The van der Waals surface area contributed by atoms with Gasteiger partial charge in [-0.2, -0.15) is 0 Å². The molecule has 50 heavy (non-hydrogen) atoms. The van der Waals surface area contributed by atoms with E-state index in [1.165, 1.54) is 54.1 Å². The molecule has 0 saturated carbocycles. The van der Waals surface area contributed by atoms with E-state index in [2.05, 4.69) is 173 Å². The van der Waals surface area contributed by atoms with Crippen LogP contribution in [0.5, 0.6) is 0 Å². The van der Waals surface area contributed by atoms with Gasteiger partial charge >= 0.3 is 0 Å². The molecule has 0 spiro atoms. The lowest BCUT2D eigenvalue weighted by Crippen LogP contribution is -2.03. The van der Waals surface area contributed by atoms with Gasteiger partial charge in [-0.25, -0.2) is 9.97 Å². The lowest BCUT2D eigenvalue weighted by molar-refractivity contribution is 1.01. The summed E-state index contributed by atoms with van der Waals surface area (Å²) in [5.74, 6) is 0.662. The van der Waals surface area contributed by atoms with Crippen LogP contribution in [0.2, 0.25) is 0 Å². The number of benzene rings is 8. The second-order valence-corrected chi connectivity index (χ2v) is 12.9. The first kappa shape index (κ1) is 27.2. The van der Waals surface area contributed by atoms with E-state index in [1.54, 1.807) is 0 Å². The summed E-state index contributed by atoms with van der Waals surface area (Å²) in [5, 5.41) is 10.9. The fourth-order valence-electron chi connectivity index (χ4n) is 8.26. The average Bonchev–Trinajstić information content (AvgIpc) is 3.72. The molecule has 0 fully saturated rings. The molecule has 0 radical (unpaired) electrons. The summed E-state index contributed by atoms with van der Waals surface area (Å²) in [6.45, 7) is 0. The summed E-state index contributed by atoms with van der Waals surface area (Å²) in [7, 11) is 0. The monoisotopic (exact) mass is 636 g/mol. The predicted octanol–water partition coefficient (Wildman–Crippen LogP) is 11.8. The lowest BCUT2D eigenvalue weighted by atomic mass is 9.95. The van der Waals surface area contributed by atoms with Crippen LogP contribution in [0.1, 0.15) is 0 Å². The first-order valence-corrected chi connectivity index (χ1v) is 17.0. The van der Waals surface area contributed by atoms with Crippen molar-refractivity contribution >= 4 is 76.1 Å². The van der Waals surface area contributed by atoms with Crippen LogP contribution >= 0.6 is 0 Å². The first-order chi connectivity index (χ1) is 24.8. The molecule has 11 aromatic rings. The Bertz CT molecular complexity index is 3140. The van der Waals surface area contributed by atoms with Gasteiger partial charge in [-0.05, 0) is 52.6 Å². The van der Waals surface area contributed by atoms with E-state index < -0.39 is 0 Å². The number of hydrogen-bond donors (Lipinski definition) is 0. The van der Waals surface area contributed by atoms with Crippen LogP contribution in [-0.4, -0.2) is 19.1 Å². The second kappa shape index (κ2) is 10.4. The maximum atomic E-state index is 5.35. The fourth-order valence-corrected chi connectivity index (χ4v) is 8.26. The van der Waals surface area contributed by atoms with Crippen molar-refractivity contribution in [2.75, 3.05) is 0 Å². The molecule has 0 N–H and O–H groups in total. The molecule has 0 saturated heterocycles. The van der Waals surface area contributed by atoms with Crippen molar-refractivity contribution in [2.45, 2.75) is 0 Å². The van der Waals surface area contributed by atoms with Crippen LogP contribution < -0.4 is 0 Å². The quantitative estimate of drug-likeness (QED) is 0.181. The van der Waals surface area contributed by atoms with E-state index >= 15 is 0 Å². The third-order valence-electron chi connectivity index (χ3n) is 10.3. The Balaban J connectivity index is 1.37. The van der Waals surface area contributed by atoms with Crippen LogP contribution in [0.15, 0.2) is 170 Å². The molecular weight excluding hydrogens is 609 g/mol. The zero-order valence-corrected chi connectivity index (χ0v) is 27.0. The molecule has 0 aliphatic heterocycles. The van der Waals surface area contributed by atoms with Crippen LogP contribution in [0, 0.1) is 0 Å². The van der Waals surface area contributed by atoms with Gasteiger partial charge in [0.2, 0.25) is 5.95 Å². The zero-order chi connectivity index (χ0) is 32.8. The Hall–Kier alpha value is -6.78. The molecule has 8 aromatic carbocycles. The minimum Gasteiger partial charge on any atom is -0.309 e. The predicted molar refractivity (Wildman–Crippen MR) is 209 cm³/mol. The van der Waals surface area contributed by atoms with Crippen molar-refractivity contribution in [3.63, 3.8) is 0 Å². The smallest absolute Gasteiger partial charge is 0.235 e. The maximum absolute atomic E-state index is 5.35. The van der Waals surface area contributed by atoms with Gasteiger partial charge < -0.3 is 4.57 Å². The normalized spacial score (nSPS) is 12.0. The highest BCUT2D eigenvalue weighted by atomic mass is 15.2. The molecular formula is C46H28N4. The van der Waals surface area contributed by atoms with Gasteiger partial charge in [-0.1, -0.05) is 133 Å². The molecule has 3 aromatic heterocycles. The Morgan fingerprint density at radius 1 is 0.340 bits per heavy atom. The summed E-state index contributed by atoms with van der Waals surface area (Å²) < 4.78 is 4.73. The number of nitrogens with zero attached hydrogens (tertiary/aromatic N) is 4. The van der Waals surface area contributed by atoms with Crippen molar-refractivity contribution in [3.05, 3.63) is 170 Å². The highest BCUT2D eigenvalue weighted by molar-refractivity contribution is 6.38. The molecule has 232 valence electrons. The zero-order valence-electron chi connectivity index (χ0n) is 27.0. The largest absolute Gasteiger partial charge is 0.309 e. The van der Waals surface area contributed by atoms with Crippen LogP contribution in [0.4, 0.5) is 0 Å². The third kappa shape index (κ3) is 3.70. The molecule has 0 atom stereocenters. The van der Waals surface area contributed by atoms with E-state index in [9.17, 15) is 0 Å². The van der Waals surface area contributed by atoms with E-state index in [-0.39, 0.29) is 0 Å². The Morgan fingerprint density at radius 2 is 0.900 bits per heavy atom. The third-order valence-corrected chi connectivity index (χ3v) is 10.3. The van der Waals surface area contributed by atoms with Crippen molar-refractivity contribution in [1.29, 1.82) is 0 Å². The fraction of sp³-hybridized carbons (Fsp3) is 0. The Labute approximate surface area is 287 Å². The number of aromatic nitrogens is 4. The van der Waals surface area contributed by atoms with Crippen molar-refractivity contribution in [2.24, 2.45) is 0 Å². The Morgan fingerprint density at radius 3 is 1.66 bits per heavy atom. The van der Waals surface area contributed by atoms with Crippen LogP contribution in [0.25, 0.3) is 99.0 Å². The number of fused-ring (bicyclic) bond motifs is 13. The van der Waals surface area contributed by atoms with Crippen molar-refractivity contribution in [1.82, 2.24) is 19.1 Å². The molecule has 4 nitrogen and oxygen atoms in total. The van der Waals surface area contributed by atoms with Crippen LogP contribution in [-0.2, 0) is 0 Å². The van der Waals surface area contributed by atoms with E-state index in [0.717, 1.165) is 38.9 Å². The first-order valence-electron chi connectivity index (χ1n) is 17.0. The minimum absolute atomic E-state index is 0.662. The van der Waals surface area contributed by atoms with E-state index in [1.807, 2.05) is 6.07 Å². The summed E-state index contributed by atoms with van der Waals surface area (Å²) in [6, 6.07) is 60.5. The molecule has 4 heteroatoms. The highest BCUT2D eigenvalue weighted by Gasteiger charge is 2.24. The molecule has 11 rings (SSSR count). The number of para-hydroxylation sites is 3. The van der Waals surface area contributed by atoms with E-state index in [4.69, 9.17) is 9.97 Å². The van der Waals surface area contributed by atoms with Gasteiger partial charge in [0, 0.05) is 43.6 Å². The van der Waals surface area contributed by atoms with Gasteiger partial charge in [0.25, 0.3) is 0 Å². The second-order valence-electron chi connectivity index (χ2n) is 12.9. The summed E-state index contributed by atoms with van der Waals surface area (Å²) in [4.78, 5) is 10.6. The number of rotatable bonds is 3. The minimum atomic E-state index is 0.662. The van der Waals surface area contributed by atoms with Gasteiger partial charge in [-0.15, -0.1) is 0 Å². The van der Waals surface area contributed by atoms with Gasteiger partial charge in [0.15, 0.2) is 0 Å². The molecule has 0 aliphatic rings. The molecule has 0 bridgehead atoms. The highest BCUT2D eigenvalue weighted by Crippen LogP contribution is 2.47. The summed E-state index contributed by atoms with van der Waals surface area (Å²) >= 11 is 0. The molecule has 0 amide bonds. The molecule has 0 aliphatic carbocycles. The van der Waals surface area contributed by atoms with Crippen molar-refractivity contribution < 1.29 is 0 Å². The topological polar surface area (TPSA) is 35.6 Å². The van der Waals surface area contributed by atoms with Crippen LogP contribution in [0.3, 0.4) is 0 Å². The van der Waals surface area contributed by atoms with E-state index in [0.29, 0.717) is 5.95 Å². The number of hydrogen-bond acceptors (Lipinski definition) is 2. The van der Waals surface area contributed by atoms with Gasteiger partial charge in [0.1, 0.15) is 0 Å². The molecule has 3 heterocycles. The lowest BCUT2D eigenvalue weighted by Gasteiger charge is -2.12. The maximum Gasteiger partial charge on any atom is 0.235 e. The summed E-state index contributed by atoms with van der Waals surface area (Å²) in [6.07, 6.45) is 0. The molecule has 0 unspecified atom stereocenters. The SMILES string of the molecule is c1ccc(-c2nc(-n3c4ccccc4c4c5c6c7ccccc7c7ccccc7c6n(-c6ccccc6)c5ccc43)nc3ccccc23)cc1. The summed E-state index contributed by atoms with van der Waals surface area (Å²) in [5.41, 5.74) is 8.61. The van der Waals surface area contributed by atoms with Crippen molar-refractivity contribution in [3.8, 4) is 22.9 Å². The van der Waals surface area contributed by atoms with Gasteiger partial charge in [0.05, 0.1) is 33.3 Å². The average molecular weight is 637 g/mol. The standard InChI is InChI=1S/C46H28N4/c1-3-15-29(16-4-1)44-35-23-11-13-25-37(35)47-46(48-44)50-38-26-14-12-24-36(38)41-39(50)27-28-40-43(41)42-33-21-9-7-19-31(33)32-20-8-10-22-34(32)45(42)49(40)30-17-5-2-6-18-30/h1-28H.